The van der Waals surface area contributed by atoms with Crippen molar-refractivity contribution in [2.45, 2.75) is 38.6 Å². The smallest absolute Gasteiger partial charge is 0.0743 e. The van der Waals surface area contributed by atoms with Gasteiger partial charge in [0.2, 0.25) is 0 Å². The Kier molecular flexibility index (Phi) is 6.24. The highest BCUT2D eigenvalue weighted by atomic mass is 32.1. The van der Waals surface area contributed by atoms with E-state index in [1.807, 2.05) is 0 Å². The van der Waals surface area contributed by atoms with Gasteiger partial charge in [-0.25, -0.2) is 0 Å². The first-order valence-electron chi connectivity index (χ1n) is 6.19. The van der Waals surface area contributed by atoms with Gasteiger partial charge in [-0.2, -0.15) is 0 Å². The number of nitrogens with two attached hydrogens (primary N) is 1. The molecule has 0 bridgehead atoms. The molecule has 0 radical (unpaired) electrons. The monoisotopic (exact) mass is 244 g/mol. The summed E-state index contributed by atoms with van der Waals surface area (Å²) in [7, 11) is 2.17. The molecule has 1 rings (SSSR count). The van der Waals surface area contributed by atoms with Gasteiger partial charge in [0.25, 0.3) is 0 Å². The molecule has 16 heavy (non-hydrogen) atoms. The standard InChI is InChI=1S/C12H24N2OS/c1-3-11(7-12(13)16)14(2)8-10-5-4-6-15-9-10/h10-11H,3-9H2,1-2H3,(H2,13,16). The first kappa shape index (κ1) is 13.9. The van der Waals surface area contributed by atoms with Crippen LogP contribution in [-0.4, -0.2) is 42.7 Å². The van der Waals surface area contributed by atoms with Crippen LogP contribution in [0.2, 0.25) is 0 Å². The van der Waals surface area contributed by atoms with Gasteiger partial charge in [-0.1, -0.05) is 19.1 Å². The molecule has 1 aliphatic rings. The minimum Gasteiger partial charge on any atom is -0.393 e. The maximum absolute atomic E-state index is 5.62. The van der Waals surface area contributed by atoms with Gasteiger partial charge in [0.1, 0.15) is 0 Å². The lowest BCUT2D eigenvalue weighted by Gasteiger charge is -2.32. The molecule has 0 saturated carbocycles. The molecule has 2 atom stereocenters. The molecule has 0 amide bonds. The zero-order valence-corrected chi connectivity index (χ0v) is 11.3. The molecular formula is C12H24N2OS. The summed E-state index contributed by atoms with van der Waals surface area (Å²) in [5.74, 6) is 0.680. The predicted octanol–water partition coefficient (Wildman–Crippen LogP) is 1.80. The molecule has 3 nitrogen and oxygen atoms in total. The van der Waals surface area contributed by atoms with Crippen molar-refractivity contribution in [1.82, 2.24) is 4.90 Å². The van der Waals surface area contributed by atoms with Crippen LogP contribution in [0.1, 0.15) is 32.6 Å². The predicted molar refractivity (Wildman–Crippen MR) is 71.7 cm³/mol. The molecule has 1 aliphatic heterocycles. The van der Waals surface area contributed by atoms with Gasteiger partial charge in [0, 0.05) is 25.6 Å². The van der Waals surface area contributed by atoms with Crippen molar-refractivity contribution in [3.05, 3.63) is 0 Å². The molecule has 0 aromatic carbocycles. The van der Waals surface area contributed by atoms with E-state index in [1.165, 1.54) is 12.8 Å². The summed E-state index contributed by atoms with van der Waals surface area (Å²) in [6, 6.07) is 0.486. The van der Waals surface area contributed by atoms with Crippen LogP contribution in [0, 0.1) is 5.92 Å². The lowest BCUT2D eigenvalue weighted by molar-refractivity contribution is 0.0363. The van der Waals surface area contributed by atoms with E-state index in [2.05, 4.69) is 18.9 Å². The third-order valence-electron chi connectivity index (χ3n) is 3.33. The second-order valence-corrected chi connectivity index (χ2v) is 5.28. The minimum absolute atomic E-state index is 0.486. The zero-order chi connectivity index (χ0) is 12.0. The fourth-order valence-electron chi connectivity index (χ4n) is 2.35. The molecule has 0 aliphatic carbocycles. The lowest BCUT2D eigenvalue weighted by Crippen LogP contribution is -2.39. The minimum atomic E-state index is 0.486. The van der Waals surface area contributed by atoms with Crippen molar-refractivity contribution in [3.8, 4) is 0 Å². The summed E-state index contributed by atoms with van der Waals surface area (Å²) < 4.78 is 5.50. The maximum Gasteiger partial charge on any atom is 0.0743 e. The van der Waals surface area contributed by atoms with Crippen molar-refractivity contribution in [2.24, 2.45) is 11.7 Å². The number of hydrogen-bond donors (Lipinski definition) is 1. The van der Waals surface area contributed by atoms with Crippen molar-refractivity contribution in [1.29, 1.82) is 0 Å². The van der Waals surface area contributed by atoms with Crippen molar-refractivity contribution >= 4 is 17.2 Å². The molecule has 4 heteroatoms. The van der Waals surface area contributed by atoms with E-state index >= 15 is 0 Å². The third kappa shape index (κ3) is 4.76. The average Bonchev–Trinajstić information content (AvgIpc) is 2.26. The Labute approximate surface area is 104 Å². The Morgan fingerprint density at radius 1 is 1.62 bits per heavy atom. The molecule has 0 aromatic rings. The van der Waals surface area contributed by atoms with Crippen LogP contribution in [0.4, 0.5) is 0 Å². The maximum atomic E-state index is 5.62. The first-order valence-corrected chi connectivity index (χ1v) is 6.60. The molecule has 0 spiro atoms. The molecule has 2 unspecified atom stereocenters. The first-order chi connectivity index (χ1) is 7.63. The Balaban J connectivity index is 2.35. The highest BCUT2D eigenvalue weighted by molar-refractivity contribution is 7.80. The van der Waals surface area contributed by atoms with Crippen molar-refractivity contribution in [2.75, 3.05) is 26.8 Å². The summed E-state index contributed by atoms with van der Waals surface area (Å²) in [5, 5.41) is 0. The van der Waals surface area contributed by atoms with Gasteiger partial charge in [-0.15, -0.1) is 0 Å². The molecule has 1 heterocycles. The van der Waals surface area contributed by atoms with Crippen LogP contribution in [0.5, 0.6) is 0 Å². The fraction of sp³-hybridized carbons (Fsp3) is 0.917. The summed E-state index contributed by atoms with van der Waals surface area (Å²) in [5.41, 5.74) is 5.62. The lowest BCUT2D eigenvalue weighted by atomic mass is 10.00. The molecule has 0 aromatic heterocycles. The van der Waals surface area contributed by atoms with E-state index in [0.717, 1.165) is 32.6 Å². The highest BCUT2D eigenvalue weighted by Crippen LogP contribution is 2.17. The molecule has 1 fully saturated rings. The van der Waals surface area contributed by atoms with Gasteiger partial charge < -0.3 is 15.4 Å². The summed E-state index contributed by atoms with van der Waals surface area (Å²) >= 11 is 4.99. The van der Waals surface area contributed by atoms with Crippen LogP contribution in [0.15, 0.2) is 0 Å². The Morgan fingerprint density at radius 2 is 2.38 bits per heavy atom. The second-order valence-electron chi connectivity index (χ2n) is 4.76. The van der Waals surface area contributed by atoms with Gasteiger partial charge in [0.15, 0.2) is 0 Å². The average molecular weight is 244 g/mol. The third-order valence-corrected chi connectivity index (χ3v) is 3.50. The van der Waals surface area contributed by atoms with Gasteiger partial charge >= 0.3 is 0 Å². The highest BCUT2D eigenvalue weighted by Gasteiger charge is 2.20. The summed E-state index contributed by atoms with van der Waals surface area (Å²) in [4.78, 5) is 3.01. The van der Waals surface area contributed by atoms with Crippen molar-refractivity contribution < 1.29 is 4.74 Å². The van der Waals surface area contributed by atoms with Gasteiger partial charge in [-0.05, 0) is 32.2 Å². The second kappa shape index (κ2) is 7.20. The van der Waals surface area contributed by atoms with E-state index in [-0.39, 0.29) is 0 Å². The Bertz CT molecular complexity index is 217. The number of ether oxygens (including phenoxy) is 1. The van der Waals surface area contributed by atoms with E-state index in [1.54, 1.807) is 0 Å². The normalized spacial score (nSPS) is 23.3. The molecule has 2 N–H and O–H groups in total. The quantitative estimate of drug-likeness (QED) is 0.723. The molecular weight excluding hydrogens is 220 g/mol. The topological polar surface area (TPSA) is 38.5 Å². The van der Waals surface area contributed by atoms with Crippen LogP contribution < -0.4 is 5.73 Å². The van der Waals surface area contributed by atoms with Crippen LogP contribution in [0.3, 0.4) is 0 Å². The van der Waals surface area contributed by atoms with E-state index < -0.39 is 0 Å². The Morgan fingerprint density at radius 3 is 2.88 bits per heavy atom. The zero-order valence-electron chi connectivity index (χ0n) is 10.4. The summed E-state index contributed by atoms with van der Waals surface area (Å²) in [6.07, 6.45) is 4.41. The molecule has 94 valence electrons. The number of rotatable bonds is 6. The van der Waals surface area contributed by atoms with E-state index in [4.69, 9.17) is 22.7 Å². The SMILES string of the molecule is CCC(CC(N)=S)N(C)CC1CCCOC1. The molecule has 1 saturated heterocycles. The largest absolute Gasteiger partial charge is 0.393 e. The van der Waals surface area contributed by atoms with Crippen LogP contribution >= 0.6 is 12.2 Å². The summed E-state index contributed by atoms with van der Waals surface area (Å²) in [6.45, 7) is 5.14. The van der Waals surface area contributed by atoms with Gasteiger partial charge in [-0.3, -0.25) is 0 Å². The van der Waals surface area contributed by atoms with Gasteiger partial charge in [0.05, 0.1) is 11.6 Å². The fourth-order valence-corrected chi connectivity index (χ4v) is 2.54. The number of hydrogen-bond acceptors (Lipinski definition) is 3. The number of nitrogens with zero attached hydrogens (tertiary/aromatic N) is 1. The number of thiocarbonyl (C=S) groups is 1. The van der Waals surface area contributed by atoms with Crippen LogP contribution in [-0.2, 0) is 4.74 Å². The van der Waals surface area contributed by atoms with E-state index in [9.17, 15) is 0 Å². The van der Waals surface area contributed by atoms with E-state index in [0.29, 0.717) is 16.9 Å². The van der Waals surface area contributed by atoms with Crippen molar-refractivity contribution in [3.63, 3.8) is 0 Å². The van der Waals surface area contributed by atoms with Crippen LogP contribution in [0.25, 0.3) is 0 Å². The Hall–Kier alpha value is -0.190.